The standard InChI is InChI=1S/C23H22N2O4/c1-13-15-8-17-18(23(2,3)4)12-28-19(17)10-20(15)29-22(27)16(13)9-21(26)25-14-6-5-7-24-11-14/h5-8,10-12H,9H2,1-4H3,(H,25,26). The largest absolute Gasteiger partial charge is 0.464 e. The van der Waals surface area contributed by atoms with Crippen molar-refractivity contribution in [2.45, 2.75) is 39.5 Å². The third kappa shape index (κ3) is 3.53. The Hall–Kier alpha value is -3.41. The van der Waals surface area contributed by atoms with Gasteiger partial charge in [0.1, 0.15) is 11.2 Å². The molecular weight excluding hydrogens is 368 g/mol. The molecule has 29 heavy (non-hydrogen) atoms. The average Bonchev–Trinajstić information content (AvgIpc) is 3.08. The van der Waals surface area contributed by atoms with Gasteiger partial charge in [0.25, 0.3) is 0 Å². The predicted octanol–water partition coefficient (Wildman–Crippen LogP) is 4.72. The summed E-state index contributed by atoms with van der Waals surface area (Å²) < 4.78 is 11.2. The Morgan fingerprint density at radius 1 is 1.17 bits per heavy atom. The second kappa shape index (κ2) is 6.88. The van der Waals surface area contributed by atoms with Crippen LogP contribution in [-0.2, 0) is 16.6 Å². The average molecular weight is 390 g/mol. The molecule has 0 aliphatic heterocycles. The Morgan fingerprint density at radius 2 is 1.97 bits per heavy atom. The highest BCUT2D eigenvalue weighted by atomic mass is 16.4. The SMILES string of the molecule is Cc1c(CC(=O)Nc2cccnc2)c(=O)oc2cc3occ(C(C)(C)C)c3cc12. The summed E-state index contributed by atoms with van der Waals surface area (Å²) in [6, 6.07) is 7.20. The number of nitrogens with one attached hydrogen (secondary N) is 1. The zero-order valence-corrected chi connectivity index (χ0v) is 16.8. The summed E-state index contributed by atoms with van der Waals surface area (Å²) >= 11 is 0. The summed E-state index contributed by atoms with van der Waals surface area (Å²) in [6.45, 7) is 8.20. The number of furan rings is 1. The molecule has 0 saturated heterocycles. The number of benzene rings is 1. The molecule has 1 N–H and O–H groups in total. The van der Waals surface area contributed by atoms with E-state index in [1.165, 1.54) is 0 Å². The van der Waals surface area contributed by atoms with Gasteiger partial charge in [0, 0.05) is 28.6 Å². The summed E-state index contributed by atoms with van der Waals surface area (Å²) in [5.41, 5.74) is 3.26. The predicted molar refractivity (Wildman–Crippen MR) is 112 cm³/mol. The van der Waals surface area contributed by atoms with E-state index in [4.69, 9.17) is 8.83 Å². The molecule has 3 heterocycles. The molecule has 0 fully saturated rings. The number of anilines is 1. The molecule has 1 aromatic carbocycles. The van der Waals surface area contributed by atoms with E-state index in [-0.39, 0.29) is 17.7 Å². The van der Waals surface area contributed by atoms with Crippen LogP contribution in [0.15, 0.2) is 56.6 Å². The lowest BCUT2D eigenvalue weighted by Crippen LogP contribution is -2.20. The van der Waals surface area contributed by atoms with Crippen molar-refractivity contribution >= 4 is 33.5 Å². The number of aromatic nitrogens is 1. The first-order valence-corrected chi connectivity index (χ1v) is 9.42. The smallest absolute Gasteiger partial charge is 0.340 e. The number of nitrogens with zero attached hydrogens (tertiary/aromatic N) is 1. The van der Waals surface area contributed by atoms with Crippen LogP contribution >= 0.6 is 0 Å². The lowest BCUT2D eigenvalue weighted by molar-refractivity contribution is -0.115. The van der Waals surface area contributed by atoms with E-state index in [9.17, 15) is 9.59 Å². The second-order valence-electron chi connectivity index (χ2n) is 8.20. The number of carbonyl (C=O) groups excluding carboxylic acids is 1. The molecule has 0 unspecified atom stereocenters. The number of fused-ring (bicyclic) bond motifs is 2. The second-order valence-corrected chi connectivity index (χ2v) is 8.20. The zero-order chi connectivity index (χ0) is 20.8. The van der Waals surface area contributed by atoms with Crippen LogP contribution in [0.4, 0.5) is 5.69 Å². The highest BCUT2D eigenvalue weighted by Crippen LogP contribution is 2.35. The van der Waals surface area contributed by atoms with Crippen molar-refractivity contribution in [3.63, 3.8) is 0 Å². The van der Waals surface area contributed by atoms with E-state index in [0.717, 1.165) is 21.9 Å². The van der Waals surface area contributed by atoms with Crippen LogP contribution in [0.3, 0.4) is 0 Å². The molecule has 0 atom stereocenters. The Balaban J connectivity index is 1.77. The maximum absolute atomic E-state index is 12.6. The Morgan fingerprint density at radius 3 is 2.66 bits per heavy atom. The molecule has 0 saturated carbocycles. The number of pyridine rings is 1. The van der Waals surface area contributed by atoms with Crippen molar-refractivity contribution in [1.29, 1.82) is 0 Å². The van der Waals surface area contributed by atoms with Gasteiger partial charge in [-0.3, -0.25) is 9.78 Å². The summed E-state index contributed by atoms with van der Waals surface area (Å²) in [5.74, 6) is -0.299. The van der Waals surface area contributed by atoms with Gasteiger partial charge in [-0.05, 0) is 36.1 Å². The third-order valence-electron chi connectivity index (χ3n) is 5.07. The van der Waals surface area contributed by atoms with Gasteiger partial charge in [0.2, 0.25) is 5.91 Å². The Bertz CT molecular complexity index is 1280. The molecule has 0 aliphatic carbocycles. The third-order valence-corrected chi connectivity index (χ3v) is 5.07. The number of hydrogen-bond donors (Lipinski definition) is 1. The molecule has 0 bridgehead atoms. The first-order valence-electron chi connectivity index (χ1n) is 9.42. The number of aryl methyl sites for hydroxylation is 1. The van der Waals surface area contributed by atoms with E-state index in [1.807, 2.05) is 13.0 Å². The molecule has 0 radical (unpaired) electrons. The number of hydrogen-bond acceptors (Lipinski definition) is 5. The van der Waals surface area contributed by atoms with Gasteiger partial charge in [-0.25, -0.2) is 4.79 Å². The van der Waals surface area contributed by atoms with Crippen molar-refractivity contribution in [3.8, 4) is 0 Å². The monoisotopic (exact) mass is 390 g/mol. The van der Waals surface area contributed by atoms with Gasteiger partial charge < -0.3 is 14.2 Å². The first kappa shape index (κ1) is 18.9. The minimum atomic E-state index is -0.515. The van der Waals surface area contributed by atoms with E-state index in [2.05, 4.69) is 31.1 Å². The summed E-state index contributed by atoms with van der Waals surface area (Å²) in [7, 11) is 0. The molecule has 148 valence electrons. The van der Waals surface area contributed by atoms with Crippen molar-refractivity contribution in [1.82, 2.24) is 4.98 Å². The van der Waals surface area contributed by atoms with Crippen molar-refractivity contribution in [2.24, 2.45) is 0 Å². The van der Waals surface area contributed by atoms with Gasteiger partial charge in [-0.15, -0.1) is 0 Å². The number of carbonyl (C=O) groups is 1. The summed E-state index contributed by atoms with van der Waals surface area (Å²) in [6.07, 6.45) is 4.85. The highest BCUT2D eigenvalue weighted by molar-refractivity contribution is 5.98. The normalized spacial score (nSPS) is 11.9. The minimum absolute atomic E-state index is 0.0748. The van der Waals surface area contributed by atoms with Crippen LogP contribution in [0.25, 0.3) is 21.9 Å². The quantitative estimate of drug-likeness (QED) is 0.512. The van der Waals surface area contributed by atoms with E-state index < -0.39 is 5.63 Å². The zero-order valence-electron chi connectivity index (χ0n) is 16.8. The minimum Gasteiger partial charge on any atom is -0.464 e. The van der Waals surface area contributed by atoms with E-state index in [1.54, 1.807) is 36.9 Å². The van der Waals surface area contributed by atoms with Crippen LogP contribution in [0.2, 0.25) is 0 Å². The topological polar surface area (TPSA) is 85.3 Å². The van der Waals surface area contributed by atoms with Crippen molar-refractivity contribution in [3.05, 3.63) is 70.0 Å². The lowest BCUT2D eigenvalue weighted by atomic mass is 9.86. The fourth-order valence-corrected chi connectivity index (χ4v) is 3.50. The number of amides is 1. The van der Waals surface area contributed by atoms with Crippen LogP contribution < -0.4 is 10.9 Å². The van der Waals surface area contributed by atoms with Crippen molar-refractivity contribution in [2.75, 3.05) is 5.32 Å². The Kier molecular flexibility index (Phi) is 4.49. The molecule has 0 aliphatic rings. The Labute approximate surface area is 167 Å². The molecule has 4 rings (SSSR count). The lowest BCUT2D eigenvalue weighted by Gasteiger charge is -2.16. The van der Waals surface area contributed by atoms with Gasteiger partial charge in [0.15, 0.2) is 0 Å². The van der Waals surface area contributed by atoms with Gasteiger partial charge in [0.05, 0.1) is 30.1 Å². The fourth-order valence-electron chi connectivity index (χ4n) is 3.50. The van der Waals surface area contributed by atoms with E-state index in [0.29, 0.717) is 22.4 Å². The maximum Gasteiger partial charge on any atom is 0.340 e. The first-order chi connectivity index (χ1) is 13.7. The van der Waals surface area contributed by atoms with Crippen LogP contribution in [0.5, 0.6) is 0 Å². The molecule has 6 nitrogen and oxygen atoms in total. The van der Waals surface area contributed by atoms with Crippen molar-refractivity contribution < 1.29 is 13.6 Å². The fraction of sp³-hybridized carbons (Fsp3) is 0.261. The molecule has 0 spiro atoms. The van der Waals surface area contributed by atoms with Gasteiger partial charge in [-0.1, -0.05) is 20.8 Å². The van der Waals surface area contributed by atoms with Crippen LogP contribution in [0.1, 0.15) is 37.5 Å². The van der Waals surface area contributed by atoms with Gasteiger partial charge in [-0.2, -0.15) is 0 Å². The molecule has 1 amide bonds. The van der Waals surface area contributed by atoms with Crippen LogP contribution in [0, 0.1) is 6.92 Å². The van der Waals surface area contributed by atoms with Crippen LogP contribution in [-0.4, -0.2) is 10.9 Å². The highest BCUT2D eigenvalue weighted by Gasteiger charge is 2.22. The molecule has 4 aromatic rings. The summed E-state index contributed by atoms with van der Waals surface area (Å²) in [5, 5.41) is 4.53. The number of rotatable bonds is 3. The molecule has 3 aromatic heterocycles. The maximum atomic E-state index is 12.6. The summed E-state index contributed by atoms with van der Waals surface area (Å²) in [4.78, 5) is 29.0. The van der Waals surface area contributed by atoms with Gasteiger partial charge >= 0.3 is 5.63 Å². The molecular formula is C23H22N2O4. The van der Waals surface area contributed by atoms with E-state index >= 15 is 0 Å². The molecule has 6 heteroatoms.